The molecule has 9 heteroatoms. The second kappa shape index (κ2) is 7.62. The summed E-state index contributed by atoms with van der Waals surface area (Å²) in [6, 6.07) is 10.7. The molecule has 0 saturated heterocycles. The standard InChI is InChI=1S/C16H10ClF3N4S/c17-10-3-1-9(2-4-10)12-7-13(15(19)20)23-16(22-12)24-21-8-11-5-6-14(18)25-11/h1-8,15H,(H,22,23,24). The molecule has 0 bridgehead atoms. The second-order valence-corrected chi connectivity index (χ2v) is 6.32. The number of alkyl halides is 2. The summed E-state index contributed by atoms with van der Waals surface area (Å²) in [5.74, 6) is -0.0870. The molecule has 2 heterocycles. The zero-order valence-electron chi connectivity index (χ0n) is 12.5. The maximum absolute atomic E-state index is 13.1. The van der Waals surface area contributed by atoms with Crippen LogP contribution in [0.2, 0.25) is 5.02 Å². The number of hydrogen-bond donors (Lipinski definition) is 1. The van der Waals surface area contributed by atoms with Crippen LogP contribution >= 0.6 is 22.9 Å². The van der Waals surface area contributed by atoms with E-state index in [4.69, 9.17) is 11.6 Å². The lowest BCUT2D eigenvalue weighted by Gasteiger charge is -2.07. The number of halogens is 4. The van der Waals surface area contributed by atoms with Gasteiger partial charge in [-0.2, -0.15) is 9.49 Å². The molecule has 0 fully saturated rings. The van der Waals surface area contributed by atoms with Gasteiger partial charge in [-0.25, -0.2) is 24.2 Å². The molecule has 0 radical (unpaired) electrons. The maximum Gasteiger partial charge on any atom is 0.280 e. The Morgan fingerprint density at radius 2 is 1.88 bits per heavy atom. The highest BCUT2D eigenvalue weighted by Crippen LogP contribution is 2.25. The first-order valence-electron chi connectivity index (χ1n) is 6.99. The first kappa shape index (κ1) is 17.4. The lowest BCUT2D eigenvalue weighted by molar-refractivity contribution is 0.146. The normalized spacial score (nSPS) is 11.4. The SMILES string of the molecule is Fc1ccc(C=NNc2nc(-c3ccc(Cl)cc3)cc(C(F)F)n2)s1. The van der Waals surface area contributed by atoms with Crippen LogP contribution in [0.25, 0.3) is 11.3 Å². The molecule has 0 saturated carbocycles. The first-order valence-corrected chi connectivity index (χ1v) is 8.18. The van der Waals surface area contributed by atoms with E-state index < -0.39 is 12.1 Å². The van der Waals surface area contributed by atoms with Crippen molar-refractivity contribution < 1.29 is 13.2 Å². The van der Waals surface area contributed by atoms with Gasteiger partial charge in [0, 0.05) is 10.6 Å². The molecule has 1 N–H and O–H groups in total. The number of benzene rings is 1. The van der Waals surface area contributed by atoms with E-state index in [0.717, 1.165) is 11.3 Å². The fourth-order valence-electron chi connectivity index (χ4n) is 1.95. The van der Waals surface area contributed by atoms with E-state index in [9.17, 15) is 13.2 Å². The van der Waals surface area contributed by atoms with Crippen LogP contribution in [0.1, 0.15) is 17.0 Å². The van der Waals surface area contributed by atoms with Crippen LogP contribution in [-0.2, 0) is 0 Å². The number of thiophene rings is 1. The maximum atomic E-state index is 13.1. The summed E-state index contributed by atoms with van der Waals surface area (Å²) < 4.78 is 39.1. The molecule has 0 unspecified atom stereocenters. The first-order chi connectivity index (χ1) is 12.0. The van der Waals surface area contributed by atoms with E-state index in [1.165, 1.54) is 18.3 Å². The molecule has 2 aromatic heterocycles. The van der Waals surface area contributed by atoms with Gasteiger partial charge in [-0.3, -0.25) is 0 Å². The van der Waals surface area contributed by atoms with Crippen molar-refractivity contribution in [3.8, 4) is 11.3 Å². The van der Waals surface area contributed by atoms with Gasteiger partial charge >= 0.3 is 0 Å². The van der Waals surface area contributed by atoms with Crippen LogP contribution in [0.3, 0.4) is 0 Å². The number of nitrogens with zero attached hydrogens (tertiary/aromatic N) is 3. The van der Waals surface area contributed by atoms with Crippen LogP contribution < -0.4 is 5.43 Å². The van der Waals surface area contributed by atoms with Gasteiger partial charge in [0.1, 0.15) is 5.69 Å². The monoisotopic (exact) mass is 382 g/mol. The van der Waals surface area contributed by atoms with Crippen LogP contribution in [0.4, 0.5) is 19.1 Å². The molecule has 4 nitrogen and oxygen atoms in total. The fraction of sp³-hybridized carbons (Fsp3) is 0.0625. The van der Waals surface area contributed by atoms with Crippen molar-refractivity contribution in [2.45, 2.75) is 6.43 Å². The topological polar surface area (TPSA) is 50.2 Å². The lowest BCUT2D eigenvalue weighted by atomic mass is 10.1. The highest BCUT2D eigenvalue weighted by molar-refractivity contribution is 7.12. The summed E-state index contributed by atoms with van der Waals surface area (Å²) in [6.45, 7) is 0. The Morgan fingerprint density at radius 1 is 1.12 bits per heavy atom. The number of hydrazone groups is 1. The van der Waals surface area contributed by atoms with Gasteiger partial charge in [0.2, 0.25) is 5.95 Å². The van der Waals surface area contributed by atoms with Crippen molar-refractivity contribution in [2.75, 3.05) is 5.43 Å². The summed E-state index contributed by atoms with van der Waals surface area (Å²) in [7, 11) is 0. The van der Waals surface area contributed by atoms with Crippen molar-refractivity contribution in [3.05, 3.63) is 63.2 Å². The van der Waals surface area contributed by atoms with E-state index in [0.29, 0.717) is 21.2 Å². The predicted molar refractivity (Wildman–Crippen MR) is 92.9 cm³/mol. The molecule has 3 aromatic rings. The predicted octanol–water partition coefficient (Wildman–Crippen LogP) is 5.38. The smallest absolute Gasteiger partial charge is 0.245 e. The minimum Gasteiger partial charge on any atom is -0.245 e. The largest absolute Gasteiger partial charge is 0.280 e. The summed E-state index contributed by atoms with van der Waals surface area (Å²) in [6.07, 6.45) is -1.40. The third-order valence-electron chi connectivity index (χ3n) is 3.06. The zero-order chi connectivity index (χ0) is 17.8. The van der Waals surface area contributed by atoms with Crippen molar-refractivity contribution in [3.63, 3.8) is 0 Å². The van der Waals surface area contributed by atoms with E-state index in [2.05, 4.69) is 20.5 Å². The lowest BCUT2D eigenvalue weighted by Crippen LogP contribution is -2.02. The van der Waals surface area contributed by atoms with E-state index in [-0.39, 0.29) is 11.1 Å². The third kappa shape index (κ3) is 4.55. The number of hydrogen-bond acceptors (Lipinski definition) is 5. The Morgan fingerprint density at radius 3 is 2.52 bits per heavy atom. The van der Waals surface area contributed by atoms with Gasteiger partial charge in [0.25, 0.3) is 6.43 Å². The number of rotatable bonds is 5. The molecule has 0 atom stereocenters. The molecule has 0 aliphatic carbocycles. The summed E-state index contributed by atoms with van der Waals surface area (Å²) in [5, 5.41) is 4.03. The third-order valence-corrected chi connectivity index (χ3v) is 4.12. The molecule has 3 rings (SSSR count). The van der Waals surface area contributed by atoms with Crippen LogP contribution in [-0.4, -0.2) is 16.2 Å². The van der Waals surface area contributed by atoms with Gasteiger partial charge in [-0.05, 0) is 30.3 Å². The van der Waals surface area contributed by atoms with Crippen molar-refractivity contribution in [2.24, 2.45) is 5.10 Å². The highest BCUT2D eigenvalue weighted by atomic mass is 35.5. The highest BCUT2D eigenvalue weighted by Gasteiger charge is 2.14. The summed E-state index contributed by atoms with van der Waals surface area (Å²) >= 11 is 6.73. The van der Waals surface area contributed by atoms with Gasteiger partial charge in [0.05, 0.1) is 16.8 Å². The second-order valence-electron chi connectivity index (χ2n) is 4.82. The molecule has 25 heavy (non-hydrogen) atoms. The van der Waals surface area contributed by atoms with Crippen molar-refractivity contribution in [1.82, 2.24) is 9.97 Å². The van der Waals surface area contributed by atoms with Crippen LogP contribution in [0.5, 0.6) is 0 Å². The number of nitrogens with one attached hydrogen (secondary N) is 1. The Kier molecular flexibility index (Phi) is 5.30. The molecule has 128 valence electrons. The Balaban J connectivity index is 1.87. The molecule has 0 aliphatic rings. The van der Waals surface area contributed by atoms with Crippen molar-refractivity contribution >= 4 is 35.1 Å². The average molecular weight is 383 g/mol. The molecular formula is C16H10ClF3N4S. The average Bonchev–Trinajstić information content (AvgIpc) is 3.00. The van der Waals surface area contributed by atoms with Gasteiger partial charge < -0.3 is 0 Å². The van der Waals surface area contributed by atoms with E-state index >= 15 is 0 Å². The summed E-state index contributed by atoms with van der Waals surface area (Å²) in [5.41, 5.74) is 2.98. The Hall–Kier alpha value is -2.45. The molecule has 0 aliphatic heterocycles. The van der Waals surface area contributed by atoms with E-state index in [1.54, 1.807) is 30.3 Å². The van der Waals surface area contributed by atoms with E-state index in [1.807, 2.05) is 0 Å². The minimum absolute atomic E-state index is 0.0870. The van der Waals surface area contributed by atoms with Gasteiger partial charge in [-0.1, -0.05) is 23.7 Å². The number of anilines is 1. The molecule has 0 spiro atoms. The Labute approximate surface area is 150 Å². The minimum atomic E-state index is -2.76. The number of aromatic nitrogens is 2. The zero-order valence-corrected chi connectivity index (χ0v) is 14.0. The molecular weight excluding hydrogens is 373 g/mol. The quantitative estimate of drug-likeness (QED) is 0.476. The van der Waals surface area contributed by atoms with Crippen LogP contribution in [0, 0.1) is 5.13 Å². The van der Waals surface area contributed by atoms with Crippen LogP contribution in [0.15, 0.2) is 47.6 Å². The molecule has 1 aromatic carbocycles. The fourth-order valence-corrected chi connectivity index (χ4v) is 2.68. The Bertz CT molecular complexity index is 897. The summed E-state index contributed by atoms with van der Waals surface area (Å²) in [4.78, 5) is 8.46. The van der Waals surface area contributed by atoms with Gasteiger partial charge in [0.15, 0.2) is 5.13 Å². The molecule has 0 amide bonds. The van der Waals surface area contributed by atoms with Crippen molar-refractivity contribution in [1.29, 1.82) is 0 Å². The van der Waals surface area contributed by atoms with Gasteiger partial charge in [-0.15, -0.1) is 11.3 Å².